The van der Waals surface area contributed by atoms with Gasteiger partial charge in [0.05, 0.1) is 18.8 Å². The Hall–Kier alpha value is -0.956. The summed E-state index contributed by atoms with van der Waals surface area (Å²) >= 11 is 0. The molecule has 0 amide bonds. The lowest BCUT2D eigenvalue weighted by Gasteiger charge is -2.46. The fourth-order valence-electron chi connectivity index (χ4n) is 7.98. The lowest BCUT2D eigenvalue weighted by molar-refractivity contribution is -0.143. The number of carbonyl (C=O) groups excluding carboxylic acids is 1. The van der Waals surface area contributed by atoms with Crippen LogP contribution in [-0.2, 0) is 18.4 Å². The molecule has 0 unspecified atom stereocenters. The van der Waals surface area contributed by atoms with Crippen LogP contribution in [0.2, 0.25) is 36.3 Å². The van der Waals surface area contributed by atoms with Gasteiger partial charge < -0.3 is 13.6 Å². The molecule has 3 fully saturated rings. The van der Waals surface area contributed by atoms with Gasteiger partial charge in [0.2, 0.25) is 0 Å². The summed E-state index contributed by atoms with van der Waals surface area (Å²) in [6, 6.07) is 0. The molecule has 258 valence electrons. The highest BCUT2D eigenvalue weighted by Crippen LogP contribution is 2.60. The van der Waals surface area contributed by atoms with Crippen LogP contribution in [0, 0.1) is 23.2 Å². The molecular weight excluding hydrogens is 589 g/mol. The number of carbonyl (C=O) groups is 1. The van der Waals surface area contributed by atoms with Crippen LogP contribution in [0.25, 0.3) is 0 Å². The zero-order valence-corrected chi connectivity index (χ0v) is 33.7. The number of ether oxygens (including phenoxy) is 1. The van der Waals surface area contributed by atoms with Gasteiger partial charge in [-0.05, 0) is 129 Å². The van der Waals surface area contributed by atoms with E-state index in [0.29, 0.717) is 30.3 Å². The van der Waals surface area contributed by atoms with Crippen molar-refractivity contribution in [1.29, 1.82) is 0 Å². The Labute approximate surface area is 280 Å². The van der Waals surface area contributed by atoms with Gasteiger partial charge in [0.25, 0.3) is 0 Å². The second-order valence-electron chi connectivity index (χ2n) is 18.0. The lowest BCUT2D eigenvalue weighted by Crippen LogP contribution is -2.49. The maximum atomic E-state index is 11.9. The van der Waals surface area contributed by atoms with Gasteiger partial charge >= 0.3 is 5.97 Å². The molecule has 0 heterocycles. The summed E-state index contributed by atoms with van der Waals surface area (Å²) in [7, 11) is -3.92. The molecule has 0 spiro atoms. The van der Waals surface area contributed by atoms with E-state index in [9.17, 15) is 4.79 Å². The van der Waals surface area contributed by atoms with Crippen LogP contribution in [0.1, 0.15) is 127 Å². The fourth-order valence-corrected chi connectivity index (χ4v) is 10.7. The van der Waals surface area contributed by atoms with Crippen LogP contribution < -0.4 is 0 Å². The van der Waals surface area contributed by atoms with Gasteiger partial charge in [-0.25, -0.2) is 0 Å². The molecule has 0 aromatic carbocycles. The Kier molecular flexibility index (Phi) is 12.5. The molecule has 6 heteroatoms. The number of hydrogen-bond donors (Lipinski definition) is 0. The first kappa shape index (κ1) is 38.5. The Morgan fingerprint density at radius 2 is 1.64 bits per heavy atom. The quantitative estimate of drug-likeness (QED) is 0.164. The Bertz CT molecular complexity index is 1110. The van der Waals surface area contributed by atoms with Gasteiger partial charge in [0.15, 0.2) is 16.6 Å². The lowest BCUT2D eigenvalue weighted by atomic mass is 9.60. The van der Waals surface area contributed by atoms with Gasteiger partial charge in [-0.2, -0.15) is 0 Å². The number of hydrogen-bond acceptors (Lipinski definition) is 4. The van der Waals surface area contributed by atoms with E-state index in [0.717, 1.165) is 31.6 Å². The van der Waals surface area contributed by atoms with E-state index in [1.54, 1.807) is 5.57 Å². The van der Waals surface area contributed by atoms with E-state index < -0.39 is 16.6 Å². The van der Waals surface area contributed by atoms with E-state index in [1.807, 2.05) is 6.92 Å². The zero-order chi connectivity index (χ0) is 34.0. The molecule has 4 nitrogen and oxygen atoms in total. The third kappa shape index (κ3) is 9.15. The summed E-state index contributed by atoms with van der Waals surface area (Å²) in [5.41, 5.74) is 4.48. The van der Waals surface area contributed by atoms with E-state index >= 15 is 0 Å². The minimum atomic E-state index is -1.98. The highest BCUT2D eigenvalue weighted by Gasteiger charge is 2.50. The van der Waals surface area contributed by atoms with Crippen LogP contribution in [0.15, 0.2) is 35.5 Å². The monoisotopic (exact) mass is 658 g/mol. The molecule has 0 N–H and O–H groups in total. The number of esters is 1. The minimum Gasteiger partial charge on any atom is -0.466 e. The van der Waals surface area contributed by atoms with E-state index in [1.165, 1.54) is 43.3 Å². The van der Waals surface area contributed by atoms with Crippen molar-refractivity contribution in [2.75, 3.05) is 6.61 Å². The summed E-state index contributed by atoms with van der Waals surface area (Å²) in [5, 5.41) is 0.318. The second kappa shape index (κ2) is 14.7. The third-order valence-corrected chi connectivity index (χ3v) is 21.8. The van der Waals surface area contributed by atoms with Gasteiger partial charge in [0, 0.05) is 12.8 Å². The SMILES string of the molecule is C=C1/C(=C/C=C2\CCC[C@]3(C)[C@@H]([C@H](C)CCCC(=O)OCC)CC[C@@H]23)C[C@@H](O[Si](C)(C)C(C)(C)C)C[C@@H]1O[Si](C)(C)C(C)(C)C. The smallest absolute Gasteiger partial charge is 0.305 e. The minimum absolute atomic E-state index is 0.0157. The largest absolute Gasteiger partial charge is 0.466 e. The molecule has 45 heavy (non-hydrogen) atoms. The van der Waals surface area contributed by atoms with Crippen LogP contribution in [0.5, 0.6) is 0 Å². The molecule has 0 aromatic rings. The third-order valence-electron chi connectivity index (χ3n) is 12.8. The molecule has 3 saturated carbocycles. The summed E-state index contributed by atoms with van der Waals surface area (Å²) < 4.78 is 19.3. The van der Waals surface area contributed by atoms with E-state index in [-0.39, 0.29) is 28.3 Å². The van der Waals surface area contributed by atoms with E-state index in [2.05, 4.69) is 100 Å². The Morgan fingerprint density at radius 1 is 1.02 bits per heavy atom. The standard InChI is InChI=1S/C39H70O4Si2/c1-15-41-36(40)20-16-18-28(2)33-23-24-34-30(19-17-25-39(33,34)10)21-22-31-26-32(42-44(11,12)37(4,5)6)27-35(29(31)3)43-45(13,14)38(7,8)9/h21-22,28,32-35H,3,15-20,23-27H2,1-2,4-14H3/b30-21+,31-22+/t28-,32-,33-,34+,35+,39-/m1/s1. The Balaban J connectivity index is 1.84. The molecule has 0 saturated heterocycles. The van der Waals surface area contributed by atoms with Crippen molar-refractivity contribution in [1.82, 2.24) is 0 Å². The van der Waals surface area contributed by atoms with Crippen molar-refractivity contribution in [2.24, 2.45) is 23.2 Å². The molecule has 0 bridgehead atoms. The van der Waals surface area contributed by atoms with Crippen LogP contribution >= 0.6 is 0 Å². The first-order valence-electron chi connectivity index (χ1n) is 18.2. The summed E-state index contributed by atoms with van der Waals surface area (Å²) in [6.07, 6.45) is 15.9. The van der Waals surface area contributed by atoms with Gasteiger partial charge in [0.1, 0.15) is 0 Å². The second-order valence-corrected chi connectivity index (χ2v) is 27.5. The highest BCUT2D eigenvalue weighted by molar-refractivity contribution is 6.74. The maximum Gasteiger partial charge on any atom is 0.305 e. The highest BCUT2D eigenvalue weighted by atomic mass is 28.4. The maximum absolute atomic E-state index is 11.9. The molecule has 6 atom stereocenters. The van der Waals surface area contributed by atoms with Gasteiger partial charge in [-0.15, -0.1) is 0 Å². The first-order valence-corrected chi connectivity index (χ1v) is 24.0. The fraction of sp³-hybridized carbons (Fsp3) is 0.821. The van der Waals surface area contributed by atoms with Gasteiger partial charge in [-0.1, -0.05) is 79.7 Å². The normalized spacial score (nSPS) is 30.9. The zero-order valence-electron chi connectivity index (χ0n) is 31.7. The average Bonchev–Trinajstić information content (AvgIpc) is 3.25. The molecule has 0 aliphatic heterocycles. The molecule has 3 aliphatic rings. The predicted octanol–water partition coefficient (Wildman–Crippen LogP) is 11.6. The van der Waals surface area contributed by atoms with E-state index in [4.69, 9.17) is 13.6 Å². The molecule has 3 aliphatic carbocycles. The summed E-state index contributed by atoms with van der Waals surface area (Å²) in [6.45, 7) is 35.5. The predicted molar refractivity (Wildman–Crippen MR) is 196 cm³/mol. The summed E-state index contributed by atoms with van der Waals surface area (Å²) in [4.78, 5) is 11.9. The van der Waals surface area contributed by atoms with Crippen molar-refractivity contribution < 1.29 is 18.4 Å². The number of rotatable bonds is 11. The molecular formula is C39H70O4Si2. The van der Waals surface area contributed by atoms with Crippen molar-refractivity contribution >= 4 is 22.6 Å². The summed E-state index contributed by atoms with van der Waals surface area (Å²) in [5.74, 6) is 1.95. The first-order chi connectivity index (χ1) is 20.6. The molecule has 0 aromatic heterocycles. The van der Waals surface area contributed by atoms with Crippen molar-refractivity contribution in [2.45, 2.75) is 175 Å². The van der Waals surface area contributed by atoms with Crippen LogP contribution in [0.4, 0.5) is 0 Å². The topological polar surface area (TPSA) is 44.8 Å². The molecule has 0 radical (unpaired) electrons. The van der Waals surface area contributed by atoms with Crippen LogP contribution in [-0.4, -0.2) is 41.4 Å². The Morgan fingerprint density at radius 3 is 2.24 bits per heavy atom. The number of fused-ring (bicyclic) bond motifs is 1. The van der Waals surface area contributed by atoms with Crippen LogP contribution in [0.3, 0.4) is 0 Å². The molecule has 3 rings (SSSR count). The van der Waals surface area contributed by atoms with Crippen molar-refractivity contribution in [3.05, 3.63) is 35.5 Å². The van der Waals surface area contributed by atoms with Gasteiger partial charge in [-0.3, -0.25) is 4.79 Å². The van der Waals surface area contributed by atoms with Crippen molar-refractivity contribution in [3.63, 3.8) is 0 Å². The number of allylic oxidation sites excluding steroid dienone is 3. The van der Waals surface area contributed by atoms with Crippen molar-refractivity contribution in [3.8, 4) is 0 Å². The average molecular weight is 659 g/mol.